The Morgan fingerprint density at radius 1 is 1.28 bits per heavy atom. The standard InChI is InChI=1S/C14H22N4/c1-10-4-6-18(8-11(10)2)14-12-7-15-5-3-13(12)16-9-17-14/h9-11,15H,3-8H2,1-2H3. The van der Waals surface area contributed by atoms with Crippen molar-refractivity contribution in [3.63, 3.8) is 0 Å². The normalized spacial score (nSPS) is 28.0. The first-order valence-corrected chi connectivity index (χ1v) is 7.04. The summed E-state index contributed by atoms with van der Waals surface area (Å²) in [5, 5.41) is 3.43. The number of aromatic nitrogens is 2. The summed E-state index contributed by atoms with van der Waals surface area (Å²) in [6, 6.07) is 0. The Balaban J connectivity index is 1.88. The van der Waals surface area contributed by atoms with Crippen LogP contribution in [0.2, 0.25) is 0 Å². The molecular weight excluding hydrogens is 224 g/mol. The molecule has 1 fully saturated rings. The van der Waals surface area contributed by atoms with Crippen molar-refractivity contribution in [2.45, 2.75) is 33.2 Å². The van der Waals surface area contributed by atoms with Crippen LogP contribution in [0.3, 0.4) is 0 Å². The minimum absolute atomic E-state index is 0.751. The van der Waals surface area contributed by atoms with Crippen LogP contribution in [0.1, 0.15) is 31.5 Å². The van der Waals surface area contributed by atoms with E-state index in [2.05, 4.69) is 34.0 Å². The topological polar surface area (TPSA) is 41.1 Å². The van der Waals surface area contributed by atoms with Crippen molar-refractivity contribution in [1.82, 2.24) is 15.3 Å². The van der Waals surface area contributed by atoms with Crippen LogP contribution in [0.4, 0.5) is 5.82 Å². The molecule has 2 atom stereocenters. The van der Waals surface area contributed by atoms with Gasteiger partial charge in [-0.25, -0.2) is 9.97 Å². The average Bonchev–Trinajstić information content (AvgIpc) is 2.41. The van der Waals surface area contributed by atoms with Crippen molar-refractivity contribution in [1.29, 1.82) is 0 Å². The lowest BCUT2D eigenvalue weighted by Crippen LogP contribution is -2.40. The molecule has 3 heterocycles. The van der Waals surface area contributed by atoms with Crippen LogP contribution in [-0.4, -0.2) is 29.6 Å². The van der Waals surface area contributed by atoms with Gasteiger partial charge in [0.1, 0.15) is 12.1 Å². The zero-order valence-corrected chi connectivity index (χ0v) is 11.3. The second-order valence-electron chi connectivity index (χ2n) is 5.74. The molecule has 3 rings (SSSR count). The average molecular weight is 246 g/mol. The van der Waals surface area contributed by atoms with Gasteiger partial charge < -0.3 is 10.2 Å². The van der Waals surface area contributed by atoms with Gasteiger partial charge in [-0.1, -0.05) is 13.8 Å². The smallest absolute Gasteiger partial charge is 0.136 e. The highest BCUT2D eigenvalue weighted by atomic mass is 15.2. The minimum Gasteiger partial charge on any atom is -0.356 e. The van der Waals surface area contributed by atoms with Crippen molar-refractivity contribution < 1.29 is 0 Å². The van der Waals surface area contributed by atoms with Crippen LogP contribution >= 0.6 is 0 Å². The Hall–Kier alpha value is -1.16. The van der Waals surface area contributed by atoms with E-state index in [0.717, 1.165) is 44.4 Å². The summed E-state index contributed by atoms with van der Waals surface area (Å²) in [4.78, 5) is 11.4. The van der Waals surface area contributed by atoms with Gasteiger partial charge in [-0.2, -0.15) is 0 Å². The Labute approximate surface area is 109 Å². The summed E-state index contributed by atoms with van der Waals surface area (Å²) >= 11 is 0. The molecule has 0 amide bonds. The highest BCUT2D eigenvalue weighted by molar-refractivity contribution is 5.49. The summed E-state index contributed by atoms with van der Waals surface area (Å²) < 4.78 is 0. The number of rotatable bonds is 1. The van der Waals surface area contributed by atoms with E-state index in [1.807, 2.05) is 0 Å². The van der Waals surface area contributed by atoms with Gasteiger partial charge in [-0.3, -0.25) is 0 Å². The van der Waals surface area contributed by atoms with Gasteiger partial charge >= 0.3 is 0 Å². The first-order chi connectivity index (χ1) is 8.75. The van der Waals surface area contributed by atoms with Gasteiger partial charge in [0.2, 0.25) is 0 Å². The second-order valence-corrected chi connectivity index (χ2v) is 5.74. The highest BCUT2D eigenvalue weighted by Crippen LogP contribution is 2.29. The largest absolute Gasteiger partial charge is 0.356 e. The van der Waals surface area contributed by atoms with Gasteiger partial charge in [0.25, 0.3) is 0 Å². The van der Waals surface area contributed by atoms with Crippen LogP contribution in [-0.2, 0) is 13.0 Å². The van der Waals surface area contributed by atoms with Crippen molar-refractivity contribution >= 4 is 5.82 Å². The molecule has 1 aromatic heterocycles. The van der Waals surface area contributed by atoms with Crippen molar-refractivity contribution in [3.8, 4) is 0 Å². The Morgan fingerprint density at radius 2 is 2.17 bits per heavy atom. The molecule has 0 aliphatic carbocycles. The van der Waals surface area contributed by atoms with E-state index in [0.29, 0.717) is 0 Å². The molecule has 1 aromatic rings. The quantitative estimate of drug-likeness (QED) is 0.817. The fraction of sp³-hybridized carbons (Fsp3) is 0.714. The lowest BCUT2D eigenvalue weighted by molar-refractivity contribution is 0.322. The first kappa shape index (κ1) is 11.9. The predicted molar refractivity (Wildman–Crippen MR) is 72.6 cm³/mol. The third-order valence-electron chi connectivity index (χ3n) is 4.49. The van der Waals surface area contributed by atoms with Crippen molar-refractivity contribution in [3.05, 3.63) is 17.6 Å². The number of hydrogen-bond acceptors (Lipinski definition) is 4. The summed E-state index contributed by atoms with van der Waals surface area (Å²) in [6.45, 7) is 8.93. The monoisotopic (exact) mass is 246 g/mol. The maximum Gasteiger partial charge on any atom is 0.136 e. The lowest BCUT2D eigenvalue weighted by atomic mass is 9.88. The predicted octanol–water partition coefficient (Wildman–Crippen LogP) is 1.60. The molecule has 0 radical (unpaired) electrons. The number of fused-ring (bicyclic) bond motifs is 1. The maximum absolute atomic E-state index is 4.55. The van der Waals surface area contributed by atoms with Crippen LogP contribution in [0.15, 0.2) is 6.33 Å². The SMILES string of the molecule is CC1CCN(c2ncnc3c2CNCC3)CC1C. The molecule has 1 saturated heterocycles. The number of piperidine rings is 1. The van der Waals surface area contributed by atoms with E-state index in [4.69, 9.17) is 0 Å². The maximum atomic E-state index is 4.55. The molecule has 0 aromatic carbocycles. The van der Waals surface area contributed by atoms with Gasteiger partial charge in [0.05, 0.1) is 5.69 Å². The zero-order valence-electron chi connectivity index (χ0n) is 11.3. The van der Waals surface area contributed by atoms with Crippen LogP contribution in [0.25, 0.3) is 0 Å². The number of nitrogens with one attached hydrogen (secondary N) is 1. The van der Waals surface area contributed by atoms with Gasteiger partial charge in [0.15, 0.2) is 0 Å². The molecule has 1 N–H and O–H groups in total. The number of anilines is 1. The summed E-state index contributed by atoms with van der Waals surface area (Å²) in [6.07, 6.45) is 4.04. The summed E-state index contributed by atoms with van der Waals surface area (Å²) in [7, 11) is 0. The Kier molecular flexibility index (Phi) is 3.20. The van der Waals surface area contributed by atoms with E-state index >= 15 is 0 Å². The zero-order chi connectivity index (χ0) is 12.5. The lowest BCUT2D eigenvalue weighted by Gasteiger charge is -2.37. The third-order valence-corrected chi connectivity index (χ3v) is 4.49. The molecule has 4 heteroatoms. The molecule has 0 saturated carbocycles. The molecule has 0 spiro atoms. The van der Waals surface area contributed by atoms with Crippen LogP contribution in [0.5, 0.6) is 0 Å². The summed E-state index contributed by atoms with van der Waals surface area (Å²) in [5.74, 6) is 2.75. The number of hydrogen-bond donors (Lipinski definition) is 1. The van der Waals surface area contributed by atoms with E-state index < -0.39 is 0 Å². The molecule has 98 valence electrons. The fourth-order valence-corrected chi connectivity index (χ4v) is 2.98. The Bertz CT molecular complexity index is 432. The molecule has 0 bridgehead atoms. The summed E-state index contributed by atoms with van der Waals surface area (Å²) in [5.41, 5.74) is 2.57. The van der Waals surface area contributed by atoms with Gasteiger partial charge in [-0.05, 0) is 18.3 Å². The van der Waals surface area contributed by atoms with Gasteiger partial charge in [-0.15, -0.1) is 0 Å². The molecule has 2 unspecified atom stereocenters. The first-order valence-electron chi connectivity index (χ1n) is 7.04. The number of nitrogens with zero attached hydrogens (tertiary/aromatic N) is 3. The minimum atomic E-state index is 0.751. The third kappa shape index (κ3) is 2.09. The van der Waals surface area contributed by atoms with E-state index in [-0.39, 0.29) is 0 Å². The van der Waals surface area contributed by atoms with Crippen LogP contribution in [0, 0.1) is 11.8 Å². The fourth-order valence-electron chi connectivity index (χ4n) is 2.98. The molecule has 4 nitrogen and oxygen atoms in total. The van der Waals surface area contributed by atoms with Gasteiger partial charge in [0, 0.05) is 38.2 Å². The van der Waals surface area contributed by atoms with E-state index in [9.17, 15) is 0 Å². The molecule has 2 aliphatic rings. The molecular formula is C14H22N4. The second kappa shape index (κ2) is 4.84. The highest BCUT2D eigenvalue weighted by Gasteiger charge is 2.26. The molecule has 18 heavy (non-hydrogen) atoms. The Morgan fingerprint density at radius 3 is 3.00 bits per heavy atom. The van der Waals surface area contributed by atoms with E-state index in [1.165, 1.54) is 23.5 Å². The van der Waals surface area contributed by atoms with Crippen molar-refractivity contribution in [2.24, 2.45) is 11.8 Å². The van der Waals surface area contributed by atoms with Crippen molar-refractivity contribution in [2.75, 3.05) is 24.5 Å². The molecule has 2 aliphatic heterocycles. The van der Waals surface area contributed by atoms with E-state index in [1.54, 1.807) is 6.33 Å². The van der Waals surface area contributed by atoms with Crippen LogP contribution < -0.4 is 10.2 Å².